The van der Waals surface area contributed by atoms with Crippen molar-refractivity contribution in [1.82, 2.24) is 15.0 Å². The van der Waals surface area contributed by atoms with Crippen molar-refractivity contribution in [3.8, 4) is 6.01 Å². The van der Waals surface area contributed by atoms with Crippen LogP contribution in [0.2, 0.25) is 0 Å². The SMILES string of the molecule is CCNc1nc(OC)nc(N2CCC(C)C2CO)n1. The van der Waals surface area contributed by atoms with Crippen LogP contribution in [0.5, 0.6) is 6.01 Å². The number of aromatic nitrogens is 3. The first kappa shape index (κ1) is 13.8. The van der Waals surface area contributed by atoms with Crippen molar-refractivity contribution in [1.29, 1.82) is 0 Å². The van der Waals surface area contributed by atoms with E-state index >= 15 is 0 Å². The maximum absolute atomic E-state index is 9.51. The second-order valence-corrected chi connectivity index (χ2v) is 4.69. The topological polar surface area (TPSA) is 83.4 Å². The predicted molar refractivity (Wildman–Crippen MR) is 72.5 cm³/mol. The van der Waals surface area contributed by atoms with E-state index in [1.165, 1.54) is 7.11 Å². The van der Waals surface area contributed by atoms with Crippen LogP contribution in [-0.2, 0) is 0 Å². The molecule has 2 heterocycles. The zero-order valence-electron chi connectivity index (χ0n) is 11.6. The molecule has 1 fully saturated rings. The number of anilines is 2. The lowest BCUT2D eigenvalue weighted by atomic mass is 10.0. The lowest BCUT2D eigenvalue weighted by Crippen LogP contribution is -2.36. The fourth-order valence-electron chi connectivity index (χ4n) is 2.34. The highest BCUT2D eigenvalue weighted by Gasteiger charge is 2.32. The molecular formula is C12H21N5O2. The fraction of sp³-hybridized carbons (Fsp3) is 0.750. The zero-order valence-corrected chi connectivity index (χ0v) is 11.6. The van der Waals surface area contributed by atoms with Crippen molar-refractivity contribution in [3.63, 3.8) is 0 Å². The molecular weight excluding hydrogens is 246 g/mol. The van der Waals surface area contributed by atoms with Gasteiger partial charge in [0, 0.05) is 13.1 Å². The van der Waals surface area contributed by atoms with Gasteiger partial charge in [-0.1, -0.05) is 6.92 Å². The van der Waals surface area contributed by atoms with Crippen molar-refractivity contribution in [2.45, 2.75) is 26.3 Å². The van der Waals surface area contributed by atoms with E-state index in [1.54, 1.807) is 0 Å². The number of rotatable bonds is 5. The minimum Gasteiger partial charge on any atom is -0.467 e. The van der Waals surface area contributed by atoms with Gasteiger partial charge in [0.15, 0.2) is 0 Å². The Kier molecular flexibility index (Phi) is 4.36. The summed E-state index contributed by atoms with van der Waals surface area (Å²) in [5.74, 6) is 1.49. The molecule has 2 atom stereocenters. The Hall–Kier alpha value is -1.63. The van der Waals surface area contributed by atoms with Crippen LogP contribution in [0.15, 0.2) is 0 Å². The average Bonchev–Trinajstić information content (AvgIpc) is 2.79. The molecule has 1 aliphatic heterocycles. The third-order valence-electron chi connectivity index (χ3n) is 3.45. The van der Waals surface area contributed by atoms with Gasteiger partial charge < -0.3 is 20.1 Å². The maximum Gasteiger partial charge on any atom is 0.322 e. The quantitative estimate of drug-likeness (QED) is 0.804. The van der Waals surface area contributed by atoms with E-state index in [4.69, 9.17) is 4.74 Å². The highest BCUT2D eigenvalue weighted by molar-refractivity contribution is 5.40. The lowest BCUT2D eigenvalue weighted by molar-refractivity contribution is 0.243. The minimum absolute atomic E-state index is 0.0570. The normalized spacial score (nSPS) is 22.6. The molecule has 0 saturated carbocycles. The molecule has 7 heteroatoms. The van der Waals surface area contributed by atoms with E-state index in [1.807, 2.05) is 11.8 Å². The summed E-state index contributed by atoms with van der Waals surface area (Å²) in [5, 5.41) is 12.6. The second-order valence-electron chi connectivity index (χ2n) is 4.69. The van der Waals surface area contributed by atoms with Gasteiger partial charge in [-0.3, -0.25) is 0 Å². The Morgan fingerprint density at radius 2 is 2.21 bits per heavy atom. The Bertz CT molecular complexity index is 429. The molecule has 7 nitrogen and oxygen atoms in total. The number of nitrogens with zero attached hydrogens (tertiary/aromatic N) is 4. The maximum atomic E-state index is 9.51. The largest absolute Gasteiger partial charge is 0.467 e. The highest BCUT2D eigenvalue weighted by atomic mass is 16.5. The van der Waals surface area contributed by atoms with Crippen molar-refractivity contribution < 1.29 is 9.84 Å². The molecule has 0 radical (unpaired) electrons. The van der Waals surface area contributed by atoms with Crippen molar-refractivity contribution in [2.24, 2.45) is 5.92 Å². The van der Waals surface area contributed by atoms with Crippen LogP contribution in [0.25, 0.3) is 0 Å². The summed E-state index contributed by atoms with van der Waals surface area (Å²) < 4.78 is 5.11. The van der Waals surface area contributed by atoms with E-state index in [-0.39, 0.29) is 18.7 Å². The van der Waals surface area contributed by atoms with Crippen LogP contribution in [0, 0.1) is 5.92 Å². The zero-order chi connectivity index (χ0) is 13.8. The van der Waals surface area contributed by atoms with Gasteiger partial charge in [0.05, 0.1) is 19.8 Å². The number of ether oxygens (including phenoxy) is 1. The van der Waals surface area contributed by atoms with Gasteiger partial charge in [-0.15, -0.1) is 0 Å². The summed E-state index contributed by atoms with van der Waals surface area (Å²) in [4.78, 5) is 14.8. The van der Waals surface area contributed by atoms with Crippen LogP contribution in [0.4, 0.5) is 11.9 Å². The van der Waals surface area contributed by atoms with Crippen LogP contribution in [-0.4, -0.2) is 52.9 Å². The van der Waals surface area contributed by atoms with E-state index in [9.17, 15) is 5.11 Å². The molecule has 0 aromatic carbocycles. The first-order valence-electron chi connectivity index (χ1n) is 6.61. The molecule has 106 valence electrons. The fourth-order valence-corrected chi connectivity index (χ4v) is 2.34. The molecule has 1 aromatic rings. The van der Waals surface area contributed by atoms with Crippen molar-refractivity contribution >= 4 is 11.9 Å². The smallest absolute Gasteiger partial charge is 0.322 e. The van der Waals surface area contributed by atoms with Crippen molar-refractivity contribution in [2.75, 3.05) is 37.0 Å². The monoisotopic (exact) mass is 267 g/mol. The molecule has 2 N–H and O–H groups in total. The Morgan fingerprint density at radius 3 is 2.84 bits per heavy atom. The second kappa shape index (κ2) is 6.01. The molecule has 1 aliphatic rings. The third kappa shape index (κ3) is 2.86. The molecule has 0 amide bonds. The Balaban J connectivity index is 2.30. The third-order valence-corrected chi connectivity index (χ3v) is 3.45. The molecule has 0 bridgehead atoms. The summed E-state index contributed by atoms with van der Waals surface area (Å²) in [6.45, 7) is 5.78. The van der Waals surface area contributed by atoms with Crippen molar-refractivity contribution in [3.05, 3.63) is 0 Å². The Labute approximate surface area is 113 Å². The highest BCUT2D eigenvalue weighted by Crippen LogP contribution is 2.28. The summed E-state index contributed by atoms with van der Waals surface area (Å²) in [5.41, 5.74) is 0. The Morgan fingerprint density at radius 1 is 1.42 bits per heavy atom. The molecule has 0 spiro atoms. The van der Waals surface area contributed by atoms with Gasteiger partial charge in [0.1, 0.15) is 0 Å². The lowest BCUT2D eigenvalue weighted by Gasteiger charge is -2.25. The number of aliphatic hydroxyl groups excluding tert-OH is 1. The summed E-state index contributed by atoms with van der Waals surface area (Å²) in [6.07, 6.45) is 1.02. The molecule has 1 aromatic heterocycles. The van der Waals surface area contributed by atoms with Gasteiger partial charge in [-0.2, -0.15) is 15.0 Å². The molecule has 2 rings (SSSR count). The van der Waals surface area contributed by atoms with Crippen LogP contribution < -0.4 is 15.0 Å². The minimum atomic E-state index is 0.0570. The number of nitrogens with one attached hydrogen (secondary N) is 1. The van der Waals surface area contributed by atoms with Gasteiger partial charge in [-0.25, -0.2) is 0 Å². The molecule has 19 heavy (non-hydrogen) atoms. The summed E-state index contributed by atoms with van der Waals surface area (Å²) >= 11 is 0. The number of hydrogen-bond acceptors (Lipinski definition) is 7. The van der Waals surface area contributed by atoms with E-state index < -0.39 is 0 Å². The first-order chi connectivity index (χ1) is 9.19. The number of hydrogen-bond donors (Lipinski definition) is 2. The first-order valence-corrected chi connectivity index (χ1v) is 6.61. The van der Waals surface area contributed by atoms with E-state index in [0.717, 1.165) is 19.5 Å². The number of methoxy groups -OCH3 is 1. The van der Waals surface area contributed by atoms with E-state index in [2.05, 4.69) is 27.2 Å². The predicted octanol–water partition coefficient (Wildman–Crippen LogP) is 0.519. The standard InChI is InChI=1S/C12H21N5O2/c1-4-13-10-14-11(16-12(15-10)19-3)17-6-5-8(2)9(17)7-18/h8-9,18H,4-7H2,1-3H3,(H,13,14,15,16). The van der Waals surface area contributed by atoms with Crippen LogP contribution in [0.1, 0.15) is 20.3 Å². The summed E-state index contributed by atoms with van der Waals surface area (Å²) in [6, 6.07) is 0.346. The van der Waals surface area contributed by atoms with Crippen LogP contribution >= 0.6 is 0 Å². The van der Waals surface area contributed by atoms with E-state index in [0.29, 0.717) is 17.8 Å². The average molecular weight is 267 g/mol. The molecule has 2 unspecified atom stereocenters. The van der Waals surface area contributed by atoms with Gasteiger partial charge in [0.2, 0.25) is 11.9 Å². The van der Waals surface area contributed by atoms with Gasteiger partial charge in [0.25, 0.3) is 0 Å². The molecule has 1 saturated heterocycles. The van der Waals surface area contributed by atoms with Gasteiger partial charge >= 0.3 is 6.01 Å². The molecule has 0 aliphatic carbocycles. The number of aliphatic hydroxyl groups is 1. The summed E-state index contributed by atoms with van der Waals surface area (Å²) in [7, 11) is 1.53. The van der Waals surface area contributed by atoms with Crippen LogP contribution in [0.3, 0.4) is 0 Å². The van der Waals surface area contributed by atoms with Gasteiger partial charge in [-0.05, 0) is 19.3 Å².